The van der Waals surface area contributed by atoms with Crippen LogP contribution in [0.15, 0.2) is 22.7 Å². The summed E-state index contributed by atoms with van der Waals surface area (Å²) in [6.45, 7) is 6.31. The highest BCUT2D eigenvalue weighted by molar-refractivity contribution is 9.10. The van der Waals surface area contributed by atoms with E-state index in [1.807, 2.05) is 12.1 Å². The topological polar surface area (TPSA) is 38.5 Å². The molecule has 0 radical (unpaired) electrons. The van der Waals surface area contributed by atoms with Gasteiger partial charge >= 0.3 is 0 Å². The Morgan fingerprint density at radius 2 is 2.21 bits per heavy atom. The summed E-state index contributed by atoms with van der Waals surface area (Å²) in [5.74, 6) is 0.918. The van der Waals surface area contributed by atoms with E-state index in [2.05, 4.69) is 40.7 Å². The van der Waals surface area contributed by atoms with Crippen LogP contribution in [0, 0.1) is 0 Å². The maximum absolute atomic E-state index is 6.07. The monoisotopic (exact) mass is 326 g/mol. The molecule has 1 atom stereocenters. The van der Waals surface area contributed by atoms with Crippen LogP contribution in [0.3, 0.4) is 0 Å². The second kappa shape index (κ2) is 5.81. The second-order valence-electron chi connectivity index (χ2n) is 5.75. The molecule has 1 aliphatic rings. The number of methoxy groups -OCH3 is 1. The smallest absolute Gasteiger partial charge is 0.123 e. The third kappa shape index (κ3) is 2.96. The van der Waals surface area contributed by atoms with Gasteiger partial charge in [0.1, 0.15) is 5.75 Å². The highest BCUT2D eigenvalue weighted by Gasteiger charge is 2.37. The standard InChI is InChI=1S/C15H23BrN2O/c1-15(2)7-4-8-18(15)13(10-17)12-9-11(16)5-6-14(12)19-3/h5-6,9,13H,4,7-8,10,17H2,1-3H3. The summed E-state index contributed by atoms with van der Waals surface area (Å²) >= 11 is 3.55. The van der Waals surface area contributed by atoms with Crippen molar-refractivity contribution in [3.8, 4) is 5.75 Å². The lowest BCUT2D eigenvalue weighted by Crippen LogP contribution is -2.43. The molecular formula is C15H23BrN2O. The molecule has 3 nitrogen and oxygen atoms in total. The molecule has 1 aliphatic heterocycles. The molecule has 2 rings (SSSR count). The van der Waals surface area contributed by atoms with E-state index < -0.39 is 0 Å². The molecule has 1 heterocycles. The number of hydrogen-bond donors (Lipinski definition) is 1. The number of likely N-dealkylation sites (tertiary alicyclic amines) is 1. The molecule has 1 fully saturated rings. The van der Waals surface area contributed by atoms with E-state index in [4.69, 9.17) is 10.5 Å². The zero-order valence-electron chi connectivity index (χ0n) is 11.9. The third-order valence-corrected chi connectivity index (χ3v) is 4.61. The van der Waals surface area contributed by atoms with Gasteiger partial charge in [0.2, 0.25) is 0 Å². The number of benzene rings is 1. The van der Waals surface area contributed by atoms with E-state index in [9.17, 15) is 0 Å². The summed E-state index contributed by atoms with van der Waals surface area (Å²) in [5, 5.41) is 0. The quantitative estimate of drug-likeness (QED) is 0.922. The lowest BCUT2D eigenvalue weighted by atomic mass is 9.97. The van der Waals surface area contributed by atoms with Crippen molar-refractivity contribution in [2.75, 3.05) is 20.2 Å². The van der Waals surface area contributed by atoms with E-state index in [0.717, 1.165) is 16.8 Å². The number of nitrogens with zero attached hydrogens (tertiary/aromatic N) is 1. The summed E-state index contributed by atoms with van der Waals surface area (Å²) in [5.41, 5.74) is 7.45. The molecule has 0 bridgehead atoms. The summed E-state index contributed by atoms with van der Waals surface area (Å²) in [6.07, 6.45) is 2.46. The molecule has 106 valence electrons. The lowest BCUT2D eigenvalue weighted by molar-refractivity contribution is 0.117. The molecule has 1 aromatic rings. The number of halogens is 1. The van der Waals surface area contributed by atoms with Crippen molar-refractivity contribution < 1.29 is 4.74 Å². The van der Waals surface area contributed by atoms with Gasteiger partial charge in [-0.2, -0.15) is 0 Å². The highest BCUT2D eigenvalue weighted by atomic mass is 79.9. The third-order valence-electron chi connectivity index (χ3n) is 4.12. The first kappa shape index (κ1) is 14.8. The van der Waals surface area contributed by atoms with Crippen LogP contribution in [0.25, 0.3) is 0 Å². The van der Waals surface area contributed by atoms with Crippen LogP contribution in [0.5, 0.6) is 5.75 Å². The largest absolute Gasteiger partial charge is 0.496 e. The summed E-state index contributed by atoms with van der Waals surface area (Å²) in [6, 6.07) is 6.35. The first-order chi connectivity index (χ1) is 8.99. The second-order valence-corrected chi connectivity index (χ2v) is 6.66. The van der Waals surface area contributed by atoms with Crippen LogP contribution in [0.2, 0.25) is 0 Å². The molecule has 19 heavy (non-hydrogen) atoms. The Morgan fingerprint density at radius 1 is 1.47 bits per heavy atom. The number of hydrogen-bond acceptors (Lipinski definition) is 3. The van der Waals surface area contributed by atoms with Crippen molar-refractivity contribution in [1.82, 2.24) is 4.90 Å². The fourth-order valence-corrected chi connectivity index (χ4v) is 3.47. The van der Waals surface area contributed by atoms with Gasteiger partial charge < -0.3 is 10.5 Å². The fraction of sp³-hybridized carbons (Fsp3) is 0.600. The van der Waals surface area contributed by atoms with Gasteiger partial charge in [-0.1, -0.05) is 15.9 Å². The van der Waals surface area contributed by atoms with Crippen molar-refractivity contribution >= 4 is 15.9 Å². The molecule has 0 aliphatic carbocycles. The molecule has 1 aromatic carbocycles. The van der Waals surface area contributed by atoms with Gasteiger partial charge in [0.05, 0.1) is 13.2 Å². The van der Waals surface area contributed by atoms with Gasteiger partial charge in [0.15, 0.2) is 0 Å². The first-order valence-electron chi connectivity index (χ1n) is 6.80. The van der Waals surface area contributed by atoms with Crippen molar-refractivity contribution in [3.63, 3.8) is 0 Å². The van der Waals surface area contributed by atoms with Crippen LogP contribution < -0.4 is 10.5 Å². The normalized spacial score (nSPS) is 20.5. The van der Waals surface area contributed by atoms with Crippen LogP contribution in [-0.2, 0) is 0 Å². The summed E-state index contributed by atoms with van der Waals surface area (Å²) in [4.78, 5) is 2.51. The Morgan fingerprint density at radius 3 is 2.74 bits per heavy atom. The fourth-order valence-electron chi connectivity index (χ4n) is 3.09. The van der Waals surface area contributed by atoms with E-state index in [1.165, 1.54) is 18.4 Å². The molecule has 1 unspecified atom stereocenters. The Labute approximate surface area is 124 Å². The molecule has 0 amide bonds. The minimum atomic E-state index is 0.206. The van der Waals surface area contributed by atoms with E-state index >= 15 is 0 Å². The number of nitrogens with two attached hydrogens (primary N) is 1. The minimum Gasteiger partial charge on any atom is -0.496 e. The minimum absolute atomic E-state index is 0.206. The van der Waals surface area contributed by atoms with Gasteiger partial charge in [-0.25, -0.2) is 0 Å². The molecule has 2 N–H and O–H groups in total. The SMILES string of the molecule is COc1ccc(Br)cc1C(CN)N1CCCC1(C)C. The predicted octanol–water partition coefficient (Wildman–Crippen LogP) is 3.33. The van der Waals surface area contributed by atoms with Gasteiger partial charge in [-0.15, -0.1) is 0 Å². The highest BCUT2D eigenvalue weighted by Crippen LogP contribution is 2.39. The Kier molecular flexibility index (Phi) is 4.54. The lowest BCUT2D eigenvalue weighted by Gasteiger charge is -2.38. The number of rotatable bonds is 4. The van der Waals surface area contributed by atoms with Crippen LogP contribution in [0.1, 0.15) is 38.3 Å². The van der Waals surface area contributed by atoms with Crippen LogP contribution in [0.4, 0.5) is 0 Å². The van der Waals surface area contributed by atoms with Crippen molar-refractivity contribution in [2.24, 2.45) is 5.73 Å². The van der Waals surface area contributed by atoms with Crippen molar-refractivity contribution in [2.45, 2.75) is 38.3 Å². The van der Waals surface area contributed by atoms with Gasteiger partial charge in [0, 0.05) is 22.1 Å². The molecule has 0 saturated carbocycles. The van der Waals surface area contributed by atoms with E-state index in [1.54, 1.807) is 7.11 Å². The first-order valence-corrected chi connectivity index (χ1v) is 7.59. The number of ether oxygens (including phenoxy) is 1. The summed E-state index contributed by atoms with van der Waals surface area (Å²) < 4.78 is 6.58. The maximum Gasteiger partial charge on any atom is 0.123 e. The van der Waals surface area contributed by atoms with E-state index in [-0.39, 0.29) is 11.6 Å². The maximum atomic E-state index is 6.07. The molecule has 0 spiro atoms. The van der Waals surface area contributed by atoms with E-state index in [0.29, 0.717) is 6.54 Å². The van der Waals surface area contributed by atoms with Gasteiger partial charge in [-0.05, 0) is 51.4 Å². The van der Waals surface area contributed by atoms with Crippen molar-refractivity contribution in [3.05, 3.63) is 28.2 Å². The van der Waals surface area contributed by atoms with Gasteiger partial charge in [-0.3, -0.25) is 4.90 Å². The zero-order valence-corrected chi connectivity index (χ0v) is 13.5. The average molecular weight is 327 g/mol. The van der Waals surface area contributed by atoms with Crippen LogP contribution >= 0.6 is 15.9 Å². The van der Waals surface area contributed by atoms with Crippen LogP contribution in [-0.4, -0.2) is 30.6 Å². The Balaban J connectivity index is 2.39. The van der Waals surface area contributed by atoms with Crippen molar-refractivity contribution in [1.29, 1.82) is 0 Å². The Bertz CT molecular complexity index is 448. The molecule has 4 heteroatoms. The van der Waals surface area contributed by atoms with Gasteiger partial charge in [0.25, 0.3) is 0 Å². The Hall–Kier alpha value is -0.580. The zero-order chi connectivity index (χ0) is 14.0. The average Bonchev–Trinajstić information content (AvgIpc) is 2.71. The predicted molar refractivity (Wildman–Crippen MR) is 82.5 cm³/mol. The molecular weight excluding hydrogens is 304 g/mol. The molecule has 0 aromatic heterocycles. The molecule has 1 saturated heterocycles. The summed E-state index contributed by atoms with van der Waals surface area (Å²) in [7, 11) is 1.72.